The maximum absolute atomic E-state index is 6.15. The summed E-state index contributed by atoms with van der Waals surface area (Å²) in [4.78, 5) is 10.9. The zero-order valence-electron chi connectivity index (χ0n) is 18.4. The van der Waals surface area contributed by atoms with E-state index < -0.39 is 0 Å². The van der Waals surface area contributed by atoms with Gasteiger partial charge < -0.3 is 10.1 Å². The number of rotatable bonds is 4. The van der Waals surface area contributed by atoms with Gasteiger partial charge in [0.05, 0.1) is 24.5 Å². The Morgan fingerprint density at radius 3 is 2.84 bits per heavy atom. The van der Waals surface area contributed by atoms with Gasteiger partial charge in [-0.15, -0.1) is 11.3 Å². The second-order valence-corrected chi connectivity index (χ2v) is 9.73. The molecule has 32 heavy (non-hydrogen) atoms. The molecule has 0 spiro atoms. The van der Waals surface area contributed by atoms with Crippen LogP contribution >= 0.6 is 11.3 Å². The smallest absolute Gasteiger partial charge is 0.187 e. The number of thiazole rings is 1. The molecule has 4 aromatic rings. The van der Waals surface area contributed by atoms with Crippen molar-refractivity contribution in [1.82, 2.24) is 34.8 Å². The number of fused-ring (bicyclic) bond motifs is 3. The first-order valence-electron chi connectivity index (χ1n) is 11.0. The molecule has 2 aliphatic heterocycles. The predicted octanol–water partition coefficient (Wildman–Crippen LogP) is 3.90. The van der Waals surface area contributed by atoms with Crippen LogP contribution in [-0.2, 0) is 6.42 Å². The topological polar surface area (TPSA) is 82.7 Å². The van der Waals surface area contributed by atoms with Gasteiger partial charge in [0, 0.05) is 47.8 Å². The highest BCUT2D eigenvalue weighted by Crippen LogP contribution is 2.41. The lowest BCUT2D eigenvalue weighted by molar-refractivity contribution is 0.318. The zero-order chi connectivity index (χ0) is 21.8. The van der Waals surface area contributed by atoms with E-state index in [0.717, 1.165) is 64.3 Å². The number of hydrogen-bond donors (Lipinski definition) is 1. The summed E-state index contributed by atoms with van der Waals surface area (Å²) < 4.78 is 10.2. The second kappa shape index (κ2) is 7.53. The predicted molar refractivity (Wildman–Crippen MR) is 124 cm³/mol. The molecule has 8 nitrogen and oxygen atoms in total. The maximum Gasteiger partial charge on any atom is 0.187 e. The summed E-state index contributed by atoms with van der Waals surface area (Å²) >= 11 is 1.69. The third-order valence-corrected chi connectivity index (χ3v) is 7.12. The number of nitrogens with one attached hydrogen (secondary N) is 1. The van der Waals surface area contributed by atoms with E-state index in [2.05, 4.69) is 63.4 Å². The summed E-state index contributed by atoms with van der Waals surface area (Å²) in [6.45, 7) is 8.75. The fraction of sp³-hybridized carbons (Fsp3) is 0.391. The second-order valence-electron chi connectivity index (χ2n) is 8.64. The zero-order valence-corrected chi connectivity index (χ0v) is 19.2. The van der Waals surface area contributed by atoms with Crippen LogP contribution in [0, 0.1) is 6.92 Å². The molecule has 0 radical (unpaired) electrons. The fourth-order valence-corrected chi connectivity index (χ4v) is 5.22. The van der Waals surface area contributed by atoms with Crippen molar-refractivity contribution >= 4 is 11.3 Å². The molecule has 2 aliphatic rings. The highest BCUT2D eigenvalue weighted by atomic mass is 32.1. The highest BCUT2D eigenvalue weighted by Gasteiger charge is 2.25. The Morgan fingerprint density at radius 2 is 2.06 bits per heavy atom. The minimum Gasteiger partial charge on any atom is -0.492 e. The average Bonchev–Trinajstić information content (AvgIpc) is 3.43. The lowest BCUT2D eigenvalue weighted by atomic mass is 10.0. The Balaban J connectivity index is 1.38. The number of ether oxygens (including phenoxy) is 1. The van der Waals surface area contributed by atoms with Gasteiger partial charge in [0.25, 0.3) is 0 Å². The van der Waals surface area contributed by atoms with Crippen LogP contribution < -0.4 is 10.1 Å². The lowest BCUT2D eigenvalue weighted by Gasteiger charge is -2.27. The minimum atomic E-state index is 0.227. The van der Waals surface area contributed by atoms with Gasteiger partial charge >= 0.3 is 0 Å². The fourth-order valence-electron chi connectivity index (χ4n) is 4.18. The Hall–Kier alpha value is -3.04. The van der Waals surface area contributed by atoms with Crippen LogP contribution in [0.4, 0.5) is 0 Å². The molecular weight excluding hydrogens is 422 g/mol. The van der Waals surface area contributed by atoms with Crippen molar-refractivity contribution < 1.29 is 4.74 Å². The van der Waals surface area contributed by atoms with Crippen molar-refractivity contribution in [2.24, 2.45) is 0 Å². The number of hydrogen-bond acceptors (Lipinski definition) is 7. The normalized spacial score (nSPS) is 15.8. The molecule has 1 fully saturated rings. The first kappa shape index (κ1) is 19.6. The molecule has 5 heterocycles. The summed E-state index contributed by atoms with van der Waals surface area (Å²) in [7, 11) is 0. The largest absolute Gasteiger partial charge is 0.492 e. The molecule has 0 amide bonds. The highest BCUT2D eigenvalue weighted by molar-refractivity contribution is 7.15. The van der Waals surface area contributed by atoms with E-state index >= 15 is 0 Å². The van der Waals surface area contributed by atoms with Crippen molar-refractivity contribution in [3.63, 3.8) is 0 Å². The third-order valence-electron chi connectivity index (χ3n) is 6.01. The third kappa shape index (κ3) is 3.23. The van der Waals surface area contributed by atoms with Crippen LogP contribution in [0.25, 0.3) is 33.2 Å². The summed E-state index contributed by atoms with van der Waals surface area (Å²) in [5.41, 5.74) is 4.24. The van der Waals surface area contributed by atoms with Gasteiger partial charge in [0.2, 0.25) is 0 Å². The van der Waals surface area contributed by atoms with E-state index in [-0.39, 0.29) is 6.04 Å². The molecular formula is C23H25N7OS. The standard InChI is InChI=1S/C23H25N7OS/c1-13(2)30-22(26-14(3)28-30)23-27-21-18-5-4-15(8-19(18)31-7-6-20(21)32-23)16-9-25-29(12-16)17-10-24-11-17/h4-5,8-9,12-13,17,24H,6-7,10-11H2,1-3H3. The van der Waals surface area contributed by atoms with E-state index in [9.17, 15) is 0 Å². The summed E-state index contributed by atoms with van der Waals surface area (Å²) in [5, 5.41) is 13.3. The van der Waals surface area contributed by atoms with Crippen LogP contribution in [0.15, 0.2) is 30.6 Å². The maximum atomic E-state index is 6.15. The van der Waals surface area contributed by atoms with Gasteiger partial charge in [0.15, 0.2) is 10.8 Å². The van der Waals surface area contributed by atoms with Crippen LogP contribution in [-0.4, -0.2) is 49.2 Å². The van der Waals surface area contributed by atoms with Gasteiger partial charge in [-0.25, -0.2) is 14.6 Å². The van der Waals surface area contributed by atoms with Gasteiger partial charge in [-0.1, -0.05) is 6.07 Å². The Kier molecular flexibility index (Phi) is 4.62. The van der Waals surface area contributed by atoms with Crippen LogP contribution in [0.5, 0.6) is 5.75 Å². The molecule has 1 aromatic carbocycles. The first-order chi connectivity index (χ1) is 15.6. The van der Waals surface area contributed by atoms with Crippen molar-refractivity contribution in [3.05, 3.63) is 41.3 Å². The molecule has 1 N–H and O–H groups in total. The number of benzene rings is 1. The molecule has 3 aromatic heterocycles. The number of aryl methyl sites for hydroxylation is 1. The van der Waals surface area contributed by atoms with Crippen LogP contribution in [0.2, 0.25) is 0 Å². The van der Waals surface area contributed by atoms with Crippen molar-refractivity contribution in [2.75, 3.05) is 19.7 Å². The molecule has 0 aliphatic carbocycles. The van der Waals surface area contributed by atoms with E-state index in [1.165, 1.54) is 4.88 Å². The molecule has 9 heteroatoms. The molecule has 0 unspecified atom stereocenters. The first-order valence-corrected chi connectivity index (χ1v) is 11.8. The minimum absolute atomic E-state index is 0.227. The summed E-state index contributed by atoms with van der Waals surface area (Å²) in [6.07, 6.45) is 4.89. The molecule has 6 rings (SSSR count). The van der Waals surface area contributed by atoms with Crippen molar-refractivity contribution in [2.45, 2.75) is 39.3 Å². The lowest BCUT2D eigenvalue weighted by Crippen LogP contribution is -2.43. The van der Waals surface area contributed by atoms with Gasteiger partial charge in [0.1, 0.15) is 11.6 Å². The van der Waals surface area contributed by atoms with Gasteiger partial charge in [-0.2, -0.15) is 10.2 Å². The Morgan fingerprint density at radius 1 is 1.19 bits per heavy atom. The van der Waals surface area contributed by atoms with Gasteiger partial charge in [-0.05, 0) is 38.5 Å². The SMILES string of the molecule is Cc1nc(-c2nc3c(s2)CCOc2cc(-c4cnn(C5CNC5)c4)ccc2-3)n(C(C)C)n1. The molecule has 164 valence electrons. The molecule has 0 bridgehead atoms. The molecule has 0 atom stereocenters. The van der Waals surface area contributed by atoms with E-state index in [1.807, 2.05) is 17.8 Å². The Labute approximate surface area is 190 Å². The average molecular weight is 448 g/mol. The quantitative estimate of drug-likeness (QED) is 0.511. The Bertz CT molecular complexity index is 1300. The van der Waals surface area contributed by atoms with Gasteiger partial charge in [-0.3, -0.25) is 4.68 Å². The number of aromatic nitrogens is 6. The molecule has 0 saturated carbocycles. The van der Waals surface area contributed by atoms with Crippen LogP contribution in [0.3, 0.4) is 0 Å². The summed E-state index contributed by atoms with van der Waals surface area (Å²) in [5.74, 6) is 2.48. The molecule has 1 saturated heterocycles. The number of nitrogens with zero attached hydrogens (tertiary/aromatic N) is 6. The monoisotopic (exact) mass is 447 g/mol. The van der Waals surface area contributed by atoms with E-state index in [0.29, 0.717) is 12.6 Å². The summed E-state index contributed by atoms with van der Waals surface area (Å²) in [6, 6.07) is 7.05. The van der Waals surface area contributed by atoms with Crippen molar-refractivity contribution in [1.29, 1.82) is 0 Å². The van der Waals surface area contributed by atoms with E-state index in [4.69, 9.17) is 9.72 Å². The van der Waals surface area contributed by atoms with Crippen molar-refractivity contribution in [3.8, 4) is 39.0 Å². The van der Waals surface area contributed by atoms with Crippen LogP contribution in [0.1, 0.15) is 36.6 Å². The van der Waals surface area contributed by atoms with E-state index in [1.54, 1.807) is 11.3 Å².